The van der Waals surface area contributed by atoms with E-state index in [2.05, 4.69) is 0 Å². The van der Waals surface area contributed by atoms with Crippen LogP contribution in [0.2, 0.25) is 0 Å². The van der Waals surface area contributed by atoms with E-state index in [1.807, 2.05) is 0 Å². The van der Waals surface area contributed by atoms with E-state index in [9.17, 15) is 0 Å². The fraction of sp³-hybridized carbons (Fsp3) is 1.00. The number of hydrogen-bond acceptors (Lipinski definition) is 2. The highest BCUT2D eigenvalue weighted by Crippen LogP contribution is 2.51. The average Bonchev–Trinajstić information content (AvgIpc) is 2.40. The van der Waals surface area contributed by atoms with Crippen LogP contribution in [-0.2, 0) is 0 Å². The van der Waals surface area contributed by atoms with Crippen molar-refractivity contribution in [3.05, 3.63) is 0 Å². The molecule has 0 aliphatic heterocycles. The van der Waals surface area contributed by atoms with Crippen molar-refractivity contribution < 1.29 is 10.2 Å². The number of aliphatic hydroxyl groups is 2. The first kappa shape index (κ1) is 7.03. The molecule has 1 saturated carbocycles. The second kappa shape index (κ2) is 1.96. The first-order valence-corrected chi connectivity index (χ1v) is 3.46. The monoisotopic (exact) mass is 130 g/mol. The highest BCUT2D eigenvalue weighted by Gasteiger charge is 2.50. The van der Waals surface area contributed by atoms with Gasteiger partial charge in [0.2, 0.25) is 0 Å². The van der Waals surface area contributed by atoms with Crippen molar-refractivity contribution in [1.82, 2.24) is 0 Å². The van der Waals surface area contributed by atoms with E-state index in [1.165, 1.54) is 0 Å². The van der Waals surface area contributed by atoms with Gasteiger partial charge in [0.15, 0.2) is 0 Å². The summed E-state index contributed by atoms with van der Waals surface area (Å²) in [4.78, 5) is 0. The van der Waals surface area contributed by atoms with Gasteiger partial charge in [-0.2, -0.15) is 0 Å². The molecule has 1 fully saturated rings. The standard InChI is InChI=1S/C7H14O2/c1-5(8)7(3-4-7)6(2)9/h5-6,8-9H,3-4H2,1-2H3. The van der Waals surface area contributed by atoms with Crippen molar-refractivity contribution in [2.45, 2.75) is 38.9 Å². The first-order valence-electron chi connectivity index (χ1n) is 3.46. The van der Waals surface area contributed by atoms with Crippen LogP contribution in [0.5, 0.6) is 0 Å². The van der Waals surface area contributed by atoms with Crippen molar-refractivity contribution in [2.24, 2.45) is 5.41 Å². The van der Waals surface area contributed by atoms with E-state index in [0.717, 1.165) is 12.8 Å². The zero-order chi connectivity index (χ0) is 7.07. The van der Waals surface area contributed by atoms with Gasteiger partial charge in [0.05, 0.1) is 12.2 Å². The lowest BCUT2D eigenvalue weighted by atomic mass is 9.95. The third kappa shape index (κ3) is 0.970. The molecule has 0 bridgehead atoms. The Morgan fingerprint density at radius 3 is 1.44 bits per heavy atom. The third-order valence-electron chi connectivity index (χ3n) is 2.49. The molecule has 0 heterocycles. The molecule has 0 amide bonds. The molecule has 2 nitrogen and oxygen atoms in total. The molecular formula is C7H14O2. The minimum Gasteiger partial charge on any atom is -0.393 e. The lowest BCUT2D eigenvalue weighted by Gasteiger charge is -2.21. The molecule has 54 valence electrons. The van der Waals surface area contributed by atoms with Gasteiger partial charge in [0, 0.05) is 5.41 Å². The van der Waals surface area contributed by atoms with Crippen molar-refractivity contribution in [2.75, 3.05) is 0 Å². The molecular weight excluding hydrogens is 116 g/mol. The Bertz CT molecular complexity index is 93.5. The molecule has 2 N–H and O–H groups in total. The molecule has 2 unspecified atom stereocenters. The van der Waals surface area contributed by atoms with E-state index >= 15 is 0 Å². The van der Waals surface area contributed by atoms with E-state index in [-0.39, 0.29) is 17.6 Å². The number of hydrogen-bond donors (Lipinski definition) is 2. The van der Waals surface area contributed by atoms with Crippen LogP contribution < -0.4 is 0 Å². The second-order valence-electron chi connectivity index (χ2n) is 3.09. The van der Waals surface area contributed by atoms with Crippen LogP contribution in [0.25, 0.3) is 0 Å². The summed E-state index contributed by atoms with van der Waals surface area (Å²) in [7, 11) is 0. The summed E-state index contributed by atoms with van der Waals surface area (Å²) in [5.41, 5.74) is -0.139. The smallest absolute Gasteiger partial charge is 0.0592 e. The van der Waals surface area contributed by atoms with Crippen LogP contribution in [0.4, 0.5) is 0 Å². The fourth-order valence-electron chi connectivity index (χ4n) is 1.33. The van der Waals surface area contributed by atoms with Gasteiger partial charge < -0.3 is 10.2 Å². The summed E-state index contributed by atoms with van der Waals surface area (Å²) in [6.07, 6.45) is 1.25. The minimum atomic E-state index is -0.350. The van der Waals surface area contributed by atoms with Crippen LogP contribution in [-0.4, -0.2) is 22.4 Å². The van der Waals surface area contributed by atoms with Crippen molar-refractivity contribution in [1.29, 1.82) is 0 Å². The van der Waals surface area contributed by atoms with Crippen molar-refractivity contribution >= 4 is 0 Å². The Hall–Kier alpha value is -0.0800. The van der Waals surface area contributed by atoms with Gasteiger partial charge in [0.1, 0.15) is 0 Å². The minimum absolute atomic E-state index is 0.139. The van der Waals surface area contributed by atoms with Gasteiger partial charge in [-0.15, -0.1) is 0 Å². The van der Waals surface area contributed by atoms with Gasteiger partial charge in [-0.25, -0.2) is 0 Å². The van der Waals surface area contributed by atoms with Gasteiger partial charge >= 0.3 is 0 Å². The summed E-state index contributed by atoms with van der Waals surface area (Å²) in [6.45, 7) is 3.50. The molecule has 0 aromatic carbocycles. The molecule has 0 radical (unpaired) electrons. The Morgan fingerprint density at radius 2 is 1.44 bits per heavy atom. The lowest BCUT2D eigenvalue weighted by Crippen LogP contribution is -2.29. The molecule has 2 atom stereocenters. The molecule has 0 saturated heterocycles. The zero-order valence-electron chi connectivity index (χ0n) is 5.96. The highest BCUT2D eigenvalue weighted by atomic mass is 16.3. The molecule has 2 heteroatoms. The number of rotatable bonds is 2. The normalized spacial score (nSPS) is 29.3. The fourth-order valence-corrected chi connectivity index (χ4v) is 1.33. The predicted molar refractivity (Wildman–Crippen MR) is 35.0 cm³/mol. The Kier molecular flexibility index (Phi) is 1.53. The summed E-state index contributed by atoms with van der Waals surface area (Å²) in [5, 5.41) is 18.3. The lowest BCUT2D eigenvalue weighted by molar-refractivity contribution is 0.0143. The SMILES string of the molecule is CC(O)C1(C(C)O)CC1. The maximum Gasteiger partial charge on any atom is 0.0592 e. The van der Waals surface area contributed by atoms with E-state index < -0.39 is 0 Å². The molecule has 1 rings (SSSR count). The Balaban J connectivity index is 2.52. The first-order chi connectivity index (χ1) is 4.09. The van der Waals surface area contributed by atoms with Crippen LogP contribution in [0.15, 0.2) is 0 Å². The predicted octanol–water partition coefficient (Wildman–Crippen LogP) is 0.528. The van der Waals surface area contributed by atoms with Crippen LogP contribution >= 0.6 is 0 Å². The Morgan fingerprint density at radius 1 is 1.11 bits per heavy atom. The van der Waals surface area contributed by atoms with Crippen LogP contribution in [0.1, 0.15) is 26.7 Å². The van der Waals surface area contributed by atoms with Crippen molar-refractivity contribution in [3.8, 4) is 0 Å². The second-order valence-corrected chi connectivity index (χ2v) is 3.09. The van der Waals surface area contributed by atoms with Gasteiger partial charge in [0.25, 0.3) is 0 Å². The molecule has 0 aromatic heterocycles. The third-order valence-corrected chi connectivity index (χ3v) is 2.49. The Labute approximate surface area is 55.5 Å². The van der Waals surface area contributed by atoms with Gasteiger partial charge in [-0.3, -0.25) is 0 Å². The maximum absolute atomic E-state index is 9.15. The van der Waals surface area contributed by atoms with Crippen LogP contribution in [0, 0.1) is 5.41 Å². The largest absolute Gasteiger partial charge is 0.393 e. The van der Waals surface area contributed by atoms with Crippen LogP contribution in [0.3, 0.4) is 0 Å². The van der Waals surface area contributed by atoms with E-state index in [1.54, 1.807) is 13.8 Å². The molecule has 9 heavy (non-hydrogen) atoms. The molecule has 1 aliphatic rings. The van der Waals surface area contributed by atoms with E-state index in [0.29, 0.717) is 0 Å². The zero-order valence-corrected chi connectivity index (χ0v) is 5.96. The summed E-state index contributed by atoms with van der Waals surface area (Å²) in [5.74, 6) is 0. The number of aliphatic hydroxyl groups excluding tert-OH is 2. The van der Waals surface area contributed by atoms with Gasteiger partial charge in [-0.05, 0) is 26.7 Å². The summed E-state index contributed by atoms with van der Waals surface area (Å²) in [6, 6.07) is 0. The molecule has 0 aromatic rings. The molecule has 1 aliphatic carbocycles. The van der Waals surface area contributed by atoms with Crippen molar-refractivity contribution in [3.63, 3.8) is 0 Å². The summed E-state index contributed by atoms with van der Waals surface area (Å²) < 4.78 is 0. The van der Waals surface area contributed by atoms with E-state index in [4.69, 9.17) is 10.2 Å². The topological polar surface area (TPSA) is 40.5 Å². The quantitative estimate of drug-likeness (QED) is 0.572. The average molecular weight is 130 g/mol. The summed E-state index contributed by atoms with van der Waals surface area (Å²) >= 11 is 0. The van der Waals surface area contributed by atoms with Gasteiger partial charge in [-0.1, -0.05) is 0 Å². The molecule has 0 spiro atoms. The maximum atomic E-state index is 9.15. The highest BCUT2D eigenvalue weighted by molar-refractivity contribution is 5.00.